The summed E-state index contributed by atoms with van der Waals surface area (Å²) in [5, 5.41) is 0. The number of thiophene rings is 1. The first-order chi connectivity index (χ1) is 8.15. The topological polar surface area (TPSA) is 52.3 Å². The Morgan fingerprint density at radius 2 is 1.94 bits per heavy atom. The molecule has 0 unspecified atom stereocenters. The van der Waals surface area contributed by atoms with Crippen LogP contribution < -0.4 is 10.5 Å². The Bertz CT molecular complexity index is 522. The number of hydrogen-bond acceptors (Lipinski definition) is 3. The maximum Gasteiger partial charge on any atom is 0.248 e. The van der Waals surface area contributed by atoms with E-state index in [-0.39, 0.29) is 0 Å². The van der Waals surface area contributed by atoms with Crippen molar-refractivity contribution >= 4 is 33.2 Å². The summed E-state index contributed by atoms with van der Waals surface area (Å²) in [5.41, 5.74) is 5.63. The van der Waals surface area contributed by atoms with Crippen molar-refractivity contribution in [2.75, 3.05) is 0 Å². The Kier molecular flexibility index (Phi) is 3.81. The second kappa shape index (κ2) is 5.33. The Hall–Kier alpha value is -1.33. The molecule has 5 heteroatoms. The molecule has 0 atom stereocenters. The lowest BCUT2D eigenvalue weighted by Gasteiger charge is -2.04. The molecule has 88 valence electrons. The Morgan fingerprint density at radius 1 is 1.24 bits per heavy atom. The number of nitrogens with two attached hydrogens (primary N) is 1. The molecule has 1 aromatic heterocycles. The monoisotopic (exact) mass is 311 g/mol. The number of carbonyl (C=O) groups is 1. The van der Waals surface area contributed by atoms with E-state index in [9.17, 15) is 4.79 Å². The van der Waals surface area contributed by atoms with Crippen molar-refractivity contribution in [2.24, 2.45) is 5.73 Å². The first kappa shape index (κ1) is 12.1. The van der Waals surface area contributed by atoms with Crippen LogP contribution in [-0.4, -0.2) is 5.91 Å². The van der Waals surface area contributed by atoms with Gasteiger partial charge in [0.05, 0.1) is 3.79 Å². The van der Waals surface area contributed by atoms with Gasteiger partial charge in [-0.15, -0.1) is 11.3 Å². The van der Waals surface area contributed by atoms with Gasteiger partial charge in [-0.25, -0.2) is 0 Å². The molecular weight excluding hydrogens is 302 g/mol. The molecular formula is C12H10BrNO2S. The van der Waals surface area contributed by atoms with Gasteiger partial charge in [0.15, 0.2) is 0 Å². The highest BCUT2D eigenvalue weighted by Gasteiger charge is 2.02. The minimum Gasteiger partial charge on any atom is -0.488 e. The smallest absolute Gasteiger partial charge is 0.248 e. The van der Waals surface area contributed by atoms with Gasteiger partial charge in [-0.2, -0.15) is 0 Å². The van der Waals surface area contributed by atoms with Gasteiger partial charge in [-0.05, 0) is 52.3 Å². The molecule has 2 rings (SSSR count). The van der Waals surface area contributed by atoms with Crippen molar-refractivity contribution in [3.8, 4) is 5.75 Å². The van der Waals surface area contributed by atoms with Gasteiger partial charge in [0.2, 0.25) is 5.91 Å². The molecule has 0 aliphatic carbocycles. The van der Waals surface area contributed by atoms with Gasteiger partial charge in [-0.1, -0.05) is 0 Å². The zero-order chi connectivity index (χ0) is 12.3. The normalized spacial score (nSPS) is 10.2. The molecule has 17 heavy (non-hydrogen) atoms. The Labute approximate surface area is 111 Å². The standard InChI is InChI=1S/C12H10BrNO2S/c13-11-6-5-10(17-11)7-16-9-3-1-8(2-4-9)12(14)15/h1-6H,7H2,(H2,14,15). The van der Waals surface area contributed by atoms with Crippen LogP contribution in [0.1, 0.15) is 15.2 Å². The lowest BCUT2D eigenvalue weighted by atomic mass is 10.2. The van der Waals surface area contributed by atoms with E-state index >= 15 is 0 Å². The summed E-state index contributed by atoms with van der Waals surface area (Å²) in [6.45, 7) is 0.520. The number of carbonyl (C=O) groups excluding carboxylic acids is 1. The van der Waals surface area contributed by atoms with E-state index in [0.717, 1.165) is 14.4 Å². The van der Waals surface area contributed by atoms with Crippen LogP contribution in [0.2, 0.25) is 0 Å². The number of primary amides is 1. The third kappa shape index (κ3) is 3.31. The molecule has 1 aromatic carbocycles. The molecule has 1 amide bonds. The molecule has 0 aliphatic heterocycles. The van der Waals surface area contributed by atoms with E-state index < -0.39 is 5.91 Å². The lowest BCUT2D eigenvalue weighted by Crippen LogP contribution is -2.10. The molecule has 0 aliphatic rings. The second-order valence-corrected chi connectivity index (χ2v) is 5.93. The molecule has 0 bridgehead atoms. The van der Waals surface area contributed by atoms with Crippen molar-refractivity contribution < 1.29 is 9.53 Å². The first-order valence-corrected chi connectivity index (χ1v) is 6.53. The van der Waals surface area contributed by atoms with Crippen LogP contribution in [-0.2, 0) is 6.61 Å². The summed E-state index contributed by atoms with van der Waals surface area (Å²) < 4.78 is 6.66. The third-order valence-electron chi connectivity index (χ3n) is 2.15. The van der Waals surface area contributed by atoms with Gasteiger partial charge in [0.1, 0.15) is 12.4 Å². The molecule has 0 radical (unpaired) electrons. The summed E-state index contributed by atoms with van der Waals surface area (Å²) in [7, 11) is 0. The zero-order valence-corrected chi connectivity index (χ0v) is 11.3. The third-order valence-corrected chi connectivity index (χ3v) is 3.75. The maximum absolute atomic E-state index is 10.9. The molecule has 0 spiro atoms. The van der Waals surface area contributed by atoms with E-state index in [0.29, 0.717) is 12.2 Å². The van der Waals surface area contributed by atoms with Crippen LogP contribution in [0.15, 0.2) is 40.2 Å². The van der Waals surface area contributed by atoms with Gasteiger partial charge in [-0.3, -0.25) is 4.79 Å². The number of benzene rings is 1. The predicted octanol–water partition coefficient (Wildman–Crippen LogP) is 3.19. The fraction of sp³-hybridized carbons (Fsp3) is 0.0833. The molecule has 2 N–H and O–H groups in total. The maximum atomic E-state index is 10.9. The summed E-state index contributed by atoms with van der Waals surface area (Å²) in [4.78, 5) is 12.0. The van der Waals surface area contributed by atoms with Gasteiger partial charge in [0.25, 0.3) is 0 Å². The van der Waals surface area contributed by atoms with Gasteiger partial charge < -0.3 is 10.5 Å². The average molecular weight is 312 g/mol. The Morgan fingerprint density at radius 3 is 2.47 bits per heavy atom. The van der Waals surface area contributed by atoms with Crippen LogP contribution in [0, 0.1) is 0 Å². The van der Waals surface area contributed by atoms with E-state index in [1.807, 2.05) is 12.1 Å². The van der Waals surface area contributed by atoms with Crippen LogP contribution in [0.25, 0.3) is 0 Å². The number of hydrogen-bond donors (Lipinski definition) is 1. The van der Waals surface area contributed by atoms with Gasteiger partial charge >= 0.3 is 0 Å². The summed E-state index contributed by atoms with van der Waals surface area (Å²) in [6, 6.07) is 10.8. The SMILES string of the molecule is NC(=O)c1ccc(OCc2ccc(Br)s2)cc1. The van der Waals surface area contributed by atoms with Crippen LogP contribution in [0.3, 0.4) is 0 Å². The average Bonchev–Trinajstić information content (AvgIpc) is 2.73. The first-order valence-electron chi connectivity index (χ1n) is 4.92. The highest BCUT2D eigenvalue weighted by Crippen LogP contribution is 2.23. The summed E-state index contributed by atoms with van der Waals surface area (Å²) >= 11 is 5.03. The van der Waals surface area contributed by atoms with Crippen molar-refractivity contribution in [2.45, 2.75) is 6.61 Å². The van der Waals surface area contributed by atoms with Crippen molar-refractivity contribution in [1.82, 2.24) is 0 Å². The largest absolute Gasteiger partial charge is 0.488 e. The summed E-state index contributed by atoms with van der Waals surface area (Å²) in [6.07, 6.45) is 0. The molecule has 0 fully saturated rings. The van der Waals surface area contributed by atoms with Crippen LogP contribution in [0.4, 0.5) is 0 Å². The fourth-order valence-corrected chi connectivity index (χ4v) is 2.70. The number of amides is 1. The number of ether oxygens (including phenoxy) is 1. The highest BCUT2D eigenvalue weighted by molar-refractivity contribution is 9.11. The second-order valence-electron chi connectivity index (χ2n) is 3.38. The number of halogens is 1. The van der Waals surface area contributed by atoms with Crippen LogP contribution >= 0.6 is 27.3 Å². The minimum absolute atomic E-state index is 0.432. The molecule has 0 saturated carbocycles. The predicted molar refractivity (Wildman–Crippen MR) is 71.3 cm³/mol. The number of rotatable bonds is 4. The quantitative estimate of drug-likeness (QED) is 0.942. The van der Waals surface area contributed by atoms with E-state index in [1.165, 1.54) is 0 Å². The minimum atomic E-state index is -0.432. The van der Waals surface area contributed by atoms with Gasteiger partial charge in [0, 0.05) is 10.4 Å². The van der Waals surface area contributed by atoms with Crippen LogP contribution in [0.5, 0.6) is 5.75 Å². The van der Waals surface area contributed by atoms with E-state index in [4.69, 9.17) is 10.5 Å². The Balaban J connectivity index is 1.97. The lowest BCUT2D eigenvalue weighted by molar-refractivity contribution is 0.100. The highest BCUT2D eigenvalue weighted by atomic mass is 79.9. The fourth-order valence-electron chi connectivity index (χ4n) is 1.30. The molecule has 2 aromatic rings. The molecule has 1 heterocycles. The molecule has 0 saturated heterocycles. The van der Waals surface area contributed by atoms with E-state index in [1.54, 1.807) is 35.6 Å². The van der Waals surface area contributed by atoms with Crippen molar-refractivity contribution in [1.29, 1.82) is 0 Å². The van der Waals surface area contributed by atoms with Crippen molar-refractivity contribution in [3.63, 3.8) is 0 Å². The zero-order valence-electron chi connectivity index (χ0n) is 8.85. The molecule has 3 nitrogen and oxygen atoms in total. The van der Waals surface area contributed by atoms with Crippen molar-refractivity contribution in [3.05, 3.63) is 50.6 Å². The summed E-state index contributed by atoms with van der Waals surface area (Å²) in [5.74, 6) is 0.290. The van der Waals surface area contributed by atoms with E-state index in [2.05, 4.69) is 15.9 Å².